The van der Waals surface area contributed by atoms with Gasteiger partial charge in [-0.2, -0.15) is 8.42 Å². The van der Waals surface area contributed by atoms with Crippen LogP contribution < -0.4 is 10.5 Å². The number of halogens is 1. The van der Waals surface area contributed by atoms with Crippen molar-refractivity contribution in [3.05, 3.63) is 23.2 Å². The van der Waals surface area contributed by atoms with E-state index in [0.717, 1.165) is 0 Å². The lowest BCUT2D eigenvalue weighted by atomic mass is 10.3. The van der Waals surface area contributed by atoms with Crippen molar-refractivity contribution in [1.29, 1.82) is 0 Å². The molecule has 90 valence electrons. The Bertz CT molecular complexity index is 474. The van der Waals surface area contributed by atoms with Crippen molar-refractivity contribution in [2.24, 2.45) is 0 Å². The maximum atomic E-state index is 10.7. The van der Waals surface area contributed by atoms with E-state index in [1.165, 1.54) is 19.1 Å². The molecule has 0 amide bonds. The summed E-state index contributed by atoms with van der Waals surface area (Å²) in [6, 6.07) is 4.61. The summed E-state index contributed by atoms with van der Waals surface area (Å²) in [4.78, 5) is 0. The first-order chi connectivity index (χ1) is 7.30. The standard InChI is InChI=1S/C9H12ClNO4S/c1-6(16(12,13)14)5-15-9-3-2-7(10)4-8(9)11/h2-4,6H,5,11H2,1H3,(H,12,13,14). The highest BCUT2D eigenvalue weighted by atomic mass is 35.5. The number of nitrogen functional groups attached to an aromatic ring is 1. The molecular formula is C9H12ClNO4S. The molecule has 0 fully saturated rings. The van der Waals surface area contributed by atoms with Gasteiger partial charge in [0.25, 0.3) is 10.1 Å². The highest BCUT2D eigenvalue weighted by Crippen LogP contribution is 2.25. The Labute approximate surface area is 98.9 Å². The Balaban J connectivity index is 2.69. The minimum Gasteiger partial charge on any atom is -0.490 e. The van der Waals surface area contributed by atoms with Crippen LogP contribution in [-0.2, 0) is 10.1 Å². The summed E-state index contributed by atoms with van der Waals surface area (Å²) >= 11 is 5.68. The lowest BCUT2D eigenvalue weighted by Crippen LogP contribution is -2.24. The van der Waals surface area contributed by atoms with Crippen LogP contribution in [0.2, 0.25) is 5.02 Å². The maximum Gasteiger partial charge on any atom is 0.270 e. The van der Waals surface area contributed by atoms with Crippen LogP contribution in [0.4, 0.5) is 5.69 Å². The predicted octanol–water partition coefficient (Wildman–Crippen LogP) is 1.58. The molecule has 1 aromatic rings. The molecule has 5 nitrogen and oxygen atoms in total. The minimum absolute atomic E-state index is 0.176. The molecule has 0 aliphatic carbocycles. The van der Waals surface area contributed by atoms with Crippen molar-refractivity contribution in [2.75, 3.05) is 12.3 Å². The number of rotatable bonds is 4. The van der Waals surface area contributed by atoms with Crippen LogP contribution in [0.1, 0.15) is 6.92 Å². The minimum atomic E-state index is -4.09. The van der Waals surface area contributed by atoms with Gasteiger partial charge in [0, 0.05) is 5.02 Å². The lowest BCUT2D eigenvalue weighted by molar-refractivity contribution is 0.312. The first-order valence-electron chi connectivity index (χ1n) is 4.45. The average Bonchev–Trinajstić information content (AvgIpc) is 2.14. The third kappa shape index (κ3) is 3.55. The molecule has 0 aliphatic heterocycles. The van der Waals surface area contributed by atoms with Gasteiger partial charge < -0.3 is 10.5 Å². The molecular weight excluding hydrogens is 254 g/mol. The zero-order valence-electron chi connectivity index (χ0n) is 8.55. The number of anilines is 1. The quantitative estimate of drug-likeness (QED) is 0.637. The van der Waals surface area contributed by atoms with E-state index < -0.39 is 15.4 Å². The van der Waals surface area contributed by atoms with Gasteiger partial charge >= 0.3 is 0 Å². The van der Waals surface area contributed by atoms with Crippen molar-refractivity contribution >= 4 is 27.4 Å². The summed E-state index contributed by atoms with van der Waals surface area (Å²) in [6.07, 6.45) is 0. The molecule has 1 unspecified atom stereocenters. The van der Waals surface area contributed by atoms with Crippen LogP contribution >= 0.6 is 11.6 Å². The Kier molecular flexibility index (Phi) is 4.01. The van der Waals surface area contributed by atoms with E-state index in [9.17, 15) is 8.42 Å². The second-order valence-corrected chi connectivity index (χ2v) is 5.59. The SMILES string of the molecule is CC(COc1ccc(Cl)cc1N)S(=O)(=O)O. The Hall–Kier alpha value is -0.980. The molecule has 0 aromatic heterocycles. The molecule has 0 saturated carbocycles. The number of nitrogens with two attached hydrogens (primary N) is 1. The Morgan fingerprint density at radius 2 is 2.19 bits per heavy atom. The predicted molar refractivity (Wildman–Crippen MR) is 62.4 cm³/mol. The second kappa shape index (κ2) is 4.90. The molecule has 16 heavy (non-hydrogen) atoms. The molecule has 0 radical (unpaired) electrons. The summed E-state index contributed by atoms with van der Waals surface area (Å²) in [5, 5.41) is -0.546. The molecule has 0 spiro atoms. The van der Waals surface area contributed by atoms with Gasteiger partial charge in [-0.25, -0.2) is 0 Å². The summed E-state index contributed by atoms with van der Waals surface area (Å²) in [5.41, 5.74) is 5.91. The van der Waals surface area contributed by atoms with Crippen molar-refractivity contribution in [3.8, 4) is 5.75 Å². The van der Waals surface area contributed by atoms with E-state index in [2.05, 4.69) is 0 Å². The van der Waals surface area contributed by atoms with E-state index in [1.54, 1.807) is 6.07 Å². The Morgan fingerprint density at radius 1 is 1.56 bits per heavy atom. The highest BCUT2D eigenvalue weighted by molar-refractivity contribution is 7.86. The van der Waals surface area contributed by atoms with Gasteiger partial charge in [0.05, 0.1) is 5.69 Å². The van der Waals surface area contributed by atoms with Crippen molar-refractivity contribution in [3.63, 3.8) is 0 Å². The Morgan fingerprint density at radius 3 is 2.69 bits per heavy atom. The fraction of sp³-hybridized carbons (Fsp3) is 0.333. The van der Waals surface area contributed by atoms with Gasteiger partial charge in [-0.15, -0.1) is 0 Å². The van der Waals surface area contributed by atoms with Crippen molar-refractivity contribution < 1.29 is 17.7 Å². The molecule has 1 aromatic carbocycles. The molecule has 1 rings (SSSR count). The first kappa shape index (κ1) is 13.1. The van der Waals surface area contributed by atoms with Crippen LogP contribution in [0.5, 0.6) is 5.75 Å². The molecule has 0 saturated heterocycles. The van der Waals surface area contributed by atoms with Crippen LogP contribution in [0.15, 0.2) is 18.2 Å². The maximum absolute atomic E-state index is 10.7. The van der Waals surface area contributed by atoms with E-state index in [4.69, 9.17) is 26.6 Å². The van der Waals surface area contributed by atoms with E-state index in [0.29, 0.717) is 16.5 Å². The topological polar surface area (TPSA) is 89.6 Å². The molecule has 7 heteroatoms. The monoisotopic (exact) mass is 265 g/mol. The summed E-state index contributed by atoms with van der Waals surface area (Å²) in [6.45, 7) is 1.16. The van der Waals surface area contributed by atoms with Gasteiger partial charge in [0.1, 0.15) is 17.6 Å². The smallest absolute Gasteiger partial charge is 0.270 e. The molecule has 0 heterocycles. The van der Waals surface area contributed by atoms with Crippen LogP contribution in [0.25, 0.3) is 0 Å². The third-order valence-corrected chi connectivity index (χ3v) is 3.34. The summed E-state index contributed by atoms with van der Waals surface area (Å²) < 4.78 is 35.3. The zero-order valence-corrected chi connectivity index (χ0v) is 10.1. The van der Waals surface area contributed by atoms with E-state index >= 15 is 0 Å². The van der Waals surface area contributed by atoms with Gasteiger partial charge in [-0.1, -0.05) is 11.6 Å². The van der Waals surface area contributed by atoms with Crippen molar-refractivity contribution in [1.82, 2.24) is 0 Å². The number of hydrogen-bond donors (Lipinski definition) is 2. The van der Waals surface area contributed by atoms with E-state index in [-0.39, 0.29) is 6.61 Å². The van der Waals surface area contributed by atoms with Gasteiger partial charge in [0.2, 0.25) is 0 Å². The average molecular weight is 266 g/mol. The first-order valence-corrected chi connectivity index (χ1v) is 6.33. The second-order valence-electron chi connectivity index (χ2n) is 3.32. The molecule has 0 bridgehead atoms. The third-order valence-electron chi connectivity index (χ3n) is 1.95. The fourth-order valence-electron chi connectivity index (χ4n) is 0.944. The zero-order chi connectivity index (χ0) is 12.3. The fourth-order valence-corrected chi connectivity index (χ4v) is 1.36. The van der Waals surface area contributed by atoms with Gasteiger partial charge in [-0.3, -0.25) is 4.55 Å². The molecule has 1 atom stereocenters. The largest absolute Gasteiger partial charge is 0.490 e. The van der Waals surface area contributed by atoms with Crippen molar-refractivity contribution in [2.45, 2.75) is 12.2 Å². The normalized spacial score (nSPS) is 13.4. The molecule has 0 aliphatic rings. The molecule has 3 N–H and O–H groups in total. The number of ether oxygens (including phenoxy) is 1. The number of benzene rings is 1. The lowest BCUT2D eigenvalue weighted by Gasteiger charge is -2.12. The number of hydrogen-bond acceptors (Lipinski definition) is 4. The van der Waals surface area contributed by atoms with Crippen LogP contribution in [0, 0.1) is 0 Å². The van der Waals surface area contributed by atoms with Crippen LogP contribution in [-0.4, -0.2) is 24.8 Å². The summed E-state index contributed by atoms with van der Waals surface area (Å²) in [5.74, 6) is 0.333. The highest BCUT2D eigenvalue weighted by Gasteiger charge is 2.18. The van der Waals surface area contributed by atoms with Gasteiger partial charge in [-0.05, 0) is 25.1 Å². The van der Waals surface area contributed by atoms with Crippen LogP contribution in [0.3, 0.4) is 0 Å². The summed E-state index contributed by atoms with van der Waals surface area (Å²) in [7, 11) is -4.09. The van der Waals surface area contributed by atoms with E-state index in [1.807, 2.05) is 0 Å². The van der Waals surface area contributed by atoms with Gasteiger partial charge in [0.15, 0.2) is 0 Å².